The van der Waals surface area contributed by atoms with E-state index in [2.05, 4.69) is 39.0 Å². The minimum absolute atomic E-state index is 0.731. The van der Waals surface area contributed by atoms with Gasteiger partial charge in [0.15, 0.2) is 0 Å². The lowest BCUT2D eigenvalue weighted by atomic mass is 10.1. The number of rotatable bonds is 4. The molecule has 5 nitrogen and oxygen atoms in total. The van der Waals surface area contributed by atoms with E-state index in [1.54, 1.807) is 0 Å². The monoisotopic (exact) mass is 319 g/mol. The van der Waals surface area contributed by atoms with Gasteiger partial charge in [0, 0.05) is 44.0 Å². The molecule has 1 fully saturated rings. The van der Waals surface area contributed by atoms with Crippen molar-refractivity contribution in [2.75, 3.05) is 6.54 Å². The van der Waals surface area contributed by atoms with E-state index in [1.807, 2.05) is 29.1 Å². The summed E-state index contributed by atoms with van der Waals surface area (Å²) in [4.78, 5) is 7.11. The fourth-order valence-electron chi connectivity index (χ4n) is 3.59. The second kappa shape index (κ2) is 5.60. The third-order valence-electron chi connectivity index (χ3n) is 5.01. The molecule has 0 radical (unpaired) electrons. The van der Waals surface area contributed by atoms with Gasteiger partial charge in [-0.3, -0.25) is 4.90 Å². The molecule has 5 heteroatoms. The average molecular weight is 319 g/mol. The van der Waals surface area contributed by atoms with E-state index in [0.29, 0.717) is 0 Å². The number of imidazole rings is 1. The molecule has 5 rings (SSSR count). The van der Waals surface area contributed by atoms with Gasteiger partial charge in [-0.2, -0.15) is 5.10 Å². The summed E-state index contributed by atoms with van der Waals surface area (Å²) < 4.78 is 4.36. The van der Waals surface area contributed by atoms with Crippen LogP contribution in [0.1, 0.15) is 36.0 Å². The zero-order chi connectivity index (χ0) is 15.9. The van der Waals surface area contributed by atoms with E-state index in [-0.39, 0.29) is 0 Å². The van der Waals surface area contributed by atoms with E-state index in [1.165, 1.54) is 24.2 Å². The van der Waals surface area contributed by atoms with Gasteiger partial charge in [-0.15, -0.1) is 0 Å². The average Bonchev–Trinajstić information content (AvgIpc) is 3.21. The van der Waals surface area contributed by atoms with Crippen molar-refractivity contribution in [1.82, 2.24) is 24.2 Å². The Hall–Kier alpha value is -2.40. The van der Waals surface area contributed by atoms with E-state index in [4.69, 9.17) is 5.10 Å². The van der Waals surface area contributed by atoms with Crippen LogP contribution in [0.5, 0.6) is 0 Å². The first-order valence-corrected chi connectivity index (χ1v) is 8.74. The molecule has 1 aromatic carbocycles. The number of hydrogen-bond acceptors (Lipinski definition) is 3. The second-order valence-electron chi connectivity index (χ2n) is 6.82. The molecule has 2 aliphatic rings. The molecule has 1 aliphatic heterocycles. The van der Waals surface area contributed by atoms with Crippen LogP contribution in [-0.4, -0.2) is 30.8 Å². The molecule has 0 saturated heterocycles. The van der Waals surface area contributed by atoms with Gasteiger partial charge in [-0.25, -0.2) is 9.67 Å². The van der Waals surface area contributed by atoms with Crippen LogP contribution in [0, 0.1) is 0 Å². The molecule has 0 bridgehead atoms. The minimum Gasteiger partial charge on any atom is -0.331 e. The third-order valence-corrected chi connectivity index (χ3v) is 5.01. The summed E-state index contributed by atoms with van der Waals surface area (Å²) in [7, 11) is 0. The summed E-state index contributed by atoms with van der Waals surface area (Å²) in [5.41, 5.74) is 4.94. The maximum atomic E-state index is 4.72. The highest BCUT2D eigenvalue weighted by molar-refractivity contribution is 5.30. The molecule has 1 saturated carbocycles. The molecule has 24 heavy (non-hydrogen) atoms. The Kier molecular flexibility index (Phi) is 3.26. The topological polar surface area (TPSA) is 38.9 Å². The molecule has 122 valence electrons. The number of nitrogens with zero attached hydrogens (tertiary/aromatic N) is 5. The van der Waals surface area contributed by atoms with Crippen LogP contribution in [0.2, 0.25) is 0 Å². The summed E-state index contributed by atoms with van der Waals surface area (Å²) >= 11 is 0. The minimum atomic E-state index is 0.731. The van der Waals surface area contributed by atoms with E-state index < -0.39 is 0 Å². The molecule has 0 atom stereocenters. The molecule has 0 amide bonds. The Morgan fingerprint density at radius 1 is 1.08 bits per heavy atom. The Balaban J connectivity index is 1.30. The molecule has 3 heterocycles. The quantitative estimate of drug-likeness (QED) is 0.742. The van der Waals surface area contributed by atoms with Gasteiger partial charge < -0.3 is 4.57 Å². The number of para-hydroxylation sites is 1. The van der Waals surface area contributed by atoms with Gasteiger partial charge in [0.05, 0.1) is 23.4 Å². The van der Waals surface area contributed by atoms with Crippen LogP contribution in [0.25, 0.3) is 5.69 Å². The van der Waals surface area contributed by atoms with Crippen LogP contribution in [0.3, 0.4) is 0 Å². The molecule has 0 spiro atoms. The second-order valence-corrected chi connectivity index (χ2v) is 6.82. The van der Waals surface area contributed by atoms with E-state index in [0.717, 1.165) is 43.5 Å². The fraction of sp³-hybridized carbons (Fsp3) is 0.368. The standard InChI is InChI=1S/C19H21N5/c1-2-4-17(5-3-1)24-11-8-15(21-24)12-22-10-9-19-18(13-22)20-14-23(19)16-6-7-16/h1-5,8,11,14,16H,6-7,9-10,12-13H2. The van der Waals surface area contributed by atoms with E-state index in [9.17, 15) is 0 Å². The summed E-state index contributed by atoms with van der Waals surface area (Å²) in [5, 5.41) is 4.72. The Morgan fingerprint density at radius 3 is 2.79 bits per heavy atom. The first-order chi connectivity index (χ1) is 11.9. The highest BCUT2D eigenvalue weighted by Gasteiger charge is 2.29. The number of fused-ring (bicyclic) bond motifs is 1. The first-order valence-electron chi connectivity index (χ1n) is 8.74. The van der Waals surface area contributed by atoms with Crippen LogP contribution < -0.4 is 0 Å². The molecule has 1 aliphatic carbocycles. The molecule has 2 aromatic heterocycles. The maximum Gasteiger partial charge on any atom is 0.0954 e. The lowest BCUT2D eigenvalue weighted by molar-refractivity contribution is 0.236. The van der Waals surface area contributed by atoms with Crippen LogP contribution >= 0.6 is 0 Å². The summed E-state index contributed by atoms with van der Waals surface area (Å²) in [6, 6.07) is 13.1. The molecule has 3 aromatic rings. The zero-order valence-electron chi connectivity index (χ0n) is 13.7. The SMILES string of the molecule is c1ccc(-n2ccc(CN3CCc4c(ncn4C4CC4)C3)n2)cc1. The third kappa shape index (κ3) is 2.55. The lowest BCUT2D eigenvalue weighted by Crippen LogP contribution is -2.31. The number of hydrogen-bond donors (Lipinski definition) is 0. The Bertz CT molecular complexity index is 844. The maximum absolute atomic E-state index is 4.72. The van der Waals surface area contributed by atoms with Crippen molar-refractivity contribution >= 4 is 0 Å². The molecule has 0 N–H and O–H groups in total. The Labute approximate surface area is 141 Å². The van der Waals surface area contributed by atoms with Gasteiger partial charge in [0.2, 0.25) is 0 Å². The van der Waals surface area contributed by atoms with Gasteiger partial charge in [0.25, 0.3) is 0 Å². The summed E-state index contributed by atoms with van der Waals surface area (Å²) in [5.74, 6) is 0. The van der Waals surface area contributed by atoms with Gasteiger partial charge in [-0.1, -0.05) is 18.2 Å². The number of benzene rings is 1. The predicted octanol–water partition coefficient (Wildman–Crippen LogP) is 2.96. The summed E-state index contributed by atoms with van der Waals surface area (Å²) in [6.07, 6.45) is 7.84. The van der Waals surface area contributed by atoms with E-state index >= 15 is 0 Å². The molecular formula is C19H21N5. The van der Waals surface area contributed by atoms with Crippen molar-refractivity contribution in [2.24, 2.45) is 0 Å². The smallest absolute Gasteiger partial charge is 0.0954 e. The van der Waals surface area contributed by atoms with Gasteiger partial charge in [-0.05, 0) is 31.0 Å². The van der Waals surface area contributed by atoms with Crippen molar-refractivity contribution < 1.29 is 0 Å². The summed E-state index contributed by atoms with van der Waals surface area (Å²) in [6.45, 7) is 2.91. The van der Waals surface area contributed by atoms with Crippen molar-refractivity contribution in [3.63, 3.8) is 0 Å². The lowest BCUT2D eigenvalue weighted by Gasteiger charge is -2.26. The number of aromatic nitrogens is 4. The van der Waals surface area contributed by atoms with Crippen LogP contribution in [0.4, 0.5) is 0 Å². The normalized spacial score (nSPS) is 17.8. The Morgan fingerprint density at radius 2 is 1.96 bits per heavy atom. The van der Waals surface area contributed by atoms with Gasteiger partial charge in [0.1, 0.15) is 0 Å². The first kappa shape index (κ1) is 14.0. The fourth-order valence-corrected chi connectivity index (χ4v) is 3.59. The van der Waals surface area contributed by atoms with Gasteiger partial charge >= 0.3 is 0 Å². The van der Waals surface area contributed by atoms with Crippen LogP contribution in [-0.2, 0) is 19.5 Å². The van der Waals surface area contributed by atoms with Crippen molar-refractivity contribution in [1.29, 1.82) is 0 Å². The molecular weight excluding hydrogens is 298 g/mol. The highest BCUT2D eigenvalue weighted by atomic mass is 15.3. The highest BCUT2D eigenvalue weighted by Crippen LogP contribution is 2.37. The van der Waals surface area contributed by atoms with Crippen molar-refractivity contribution in [3.05, 3.63) is 66.0 Å². The van der Waals surface area contributed by atoms with Crippen molar-refractivity contribution in [2.45, 2.75) is 38.4 Å². The predicted molar refractivity (Wildman–Crippen MR) is 91.9 cm³/mol. The van der Waals surface area contributed by atoms with Crippen LogP contribution in [0.15, 0.2) is 48.9 Å². The molecule has 0 unspecified atom stereocenters. The van der Waals surface area contributed by atoms with Crippen molar-refractivity contribution in [3.8, 4) is 5.69 Å². The zero-order valence-corrected chi connectivity index (χ0v) is 13.7. The largest absolute Gasteiger partial charge is 0.331 e.